The van der Waals surface area contributed by atoms with Gasteiger partial charge in [0, 0.05) is 44.3 Å². The minimum Gasteiger partial charge on any atom is -0.317 e. The molecule has 0 spiro atoms. The predicted octanol–water partition coefficient (Wildman–Crippen LogP) is 3.02. The topological polar surface area (TPSA) is 18.5 Å². The number of piperidine rings is 1. The van der Waals surface area contributed by atoms with E-state index in [1.165, 1.54) is 44.6 Å². The molecule has 1 aromatic carbocycles. The lowest BCUT2D eigenvalue weighted by Crippen LogP contribution is -2.48. The SMILES string of the molecule is Cl.Fc1ccc(CN2CCN(CC3CCNCC3)CC2)c(Cl)c1. The lowest BCUT2D eigenvalue weighted by atomic mass is 9.97. The van der Waals surface area contributed by atoms with Gasteiger partial charge in [-0.25, -0.2) is 4.39 Å². The molecule has 23 heavy (non-hydrogen) atoms. The Morgan fingerprint density at radius 1 is 1.09 bits per heavy atom. The Balaban J connectivity index is 0.00000192. The van der Waals surface area contributed by atoms with Crippen molar-refractivity contribution in [1.29, 1.82) is 0 Å². The second-order valence-electron chi connectivity index (χ2n) is 6.51. The molecule has 0 aliphatic carbocycles. The normalized spacial score (nSPS) is 21.1. The molecule has 2 saturated heterocycles. The van der Waals surface area contributed by atoms with Crippen LogP contribution in [0.25, 0.3) is 0 Å². The zero-order chi connectivity index (χ0) is 15.4. The maximum absolute atomic E-state index is 13.1. The van der Waals surface area contributed by atoms with Gasteiger partial charge in [-0.1, -0.05) is 17.7 Å². The minimum atomic E-state index is -0.263. The molecule has 1 aromatic rings. The molecule has 0 amide bonds. The van der Waals surface area contributed by atoms with Crippen LogP contribution in [0.4, 0.5) is 4.39 Å². The molecule has 2 fully saturated rings. The summed E-state index contributed by atoms with van der Waals surface area (Å²) in [6, 6.07) is 4.71. The Hall–Kier alpha value is -0.390. The second kappa shape index (κ2) is 9.19. The van der Waals surface area contributed by atoms with Crippen LogP contribution in [0.3, 0.4) is 0 Å². The molecule has 3 nitrogen and oxygen atoms in total. The largest absolute Gasteiger partial charge is 0.317 e. The zero-order valence-electron chi connectivity index (χ0n) is 13.4. The fraction of sp³-hybridized carbons (Fsp3) is 0.647. The lowest BCUT2D eigenvalue weighted by molar-refractivity contribution is 0.107. The van der Waals surface area contributed by atoms with Crippen molar-refractivity contribution < 1.29 is 4.39 Å². The van der Waals surface area contributed by atoms with Gasteiger partial charge >= 0.3 is 0 Å². The quantitative estimate of drug-likeness (QED) is 0.888. The summed E-state index contributed by atoms with van der Waals surface area (Å²) in [6.45, 7) is 8.80. The molecule has 0 atom stereocenters. The van der Waals surface area contributed by atoms with Gasteiger partial charge in [-0.05, 0) is 49.5 Å². The van der Waals surface area contributed by atoms with Crippen molar-refractivity contribution in [3.63, 3.8) is 0 Å². The summed E-state index contributed by atoms with van der Waals surface area (Å²) in [7, 11) is 0. The highest BCUT2D eigenvalue weighted by atomic mass is 35.5. The molecule has 130 valence electrons. The monoisotopic (exact) mass is 361 g/mol. The summed E-state index contributed by atoms with van der Waals surface area (Å²) < 4.78 is 13.1. The van der Waals surface area contributed by atoms with Crippen molar-refractivity contribution in [2.45, 2.75) is 19.4 Å². The number of nitrogens with zero attached hydrogens (tertiary/aromatic N) is 2. The number of benzene rings is 1. The van der Waals surface area contributed by atoms with Gasteiger partial charge < -0.3 is 10.2 Å². The molecule has 0 radical (unpaired) electrons. The van der Waals surface area contributed by atoms with E-state index in [4.69, 9.17) is 11.6 Å². The molecule has 3 rings (SSSR count). The summed E-state index contributed by atoms with van der Waals surface area (Å²) in [4.78, 5) is 5.01. The average Bonchev–Trinajstić information content (AvgIpc) is 2.53. The third-order valence-corrected chi connectivity index (χ3v) is 5.20. The first-order valence-electron chi connectivity index (χ1n) is 8.30. The van der Waals surface area contributed by atoms with Gasteiger partial charge in [0.25, 0.3) is 0 Å². The van der Waals surface area contributed by atoms with E-state index in [2.05, 4.69) is 15.1 Å². The van der Waals surface area contributed by atoms with Gasteiger partial charge in [0.05, 0.1) is 0 Å². The van der Waals surface area contributed by atoms with Crippen LogP contribution in [0.15, 0.2) is 18.2 Å². The van der Waals surface area contributed by atoms with E-state index in [1.54, 1.807) is 6.07 Å². The van der Waals surface area contributed by atoms with Crippen molar-refractivity contribution >= 4 is 24.0 Å². The molecule has 0 unspecified atom stereocenters. The van der Waals surface area contributed by atoms with Crippen LogP contribution in [-0.4, -0.2) is 55.6 Å². The Bertz CT molecular complexity index is 487. The number of hydrogen-bond acceptors (Lipinski definition) is 3. The van der Waals surface area contributed by atoms with Crippen LogP contribution in [-0.2, 0) is 6.54 Å². The van der Waals surface area contributed by atoms with Crippen molar-refractivity contribution in [3.05, 3.63) is 34.6 Å². The second-order valence-corrected chi connectivity index (χ2v) is 6.91. The summed E-state index contributed by atoms with van der Waals surface area (Å²) in [5.41, 5.74) is 1.02. The molecular weight excluding hydrogens is 336 g/mol. The van der Waals surface area contributed by atoms with Crippen LogP contribution < -0.4 is 5.32 Å². The predicted molar refractivity (Wildman–Crippen MR) is 96.0 cm³/mol. The average molecular weight is 362 g/mol. The molecule has 0 aromatic heterocycles. The maximum Gasteiger partial charge on any atom is 0.124 e. The van der Waals surface area contributed by atoms with E-state index in [0.717, 1.165) is 44.2 Å². The van der Waals surface area contributed by atoms with Gasteiger partial charge in [0.2, 0.25) is 0 Å². The fourth-order valence-electron chi connectivity index (χ4n) is 3.45. The number of nitrogens with one attached hydrogen (secondary N) is 1. The summed E-state index contributed by atoms with van der Waals surface area (Å²) in [6.07, 6.45) is 2.62. The summed E-state index contributed by atoms with van der Waals surface area (Å²) in [5, 5.41) is 3.97. The number of rotatable bonds is 4. The van der Waals surface area contributed by atoms with Gasteiger partial charge in [-0.3, -0.25) is 4.90 Å². The van der Waals surface area contributed by atoms with Gasteiger partial charge in [0.1, 0.15) is 5.82 Å². The third-order valence-electron chi connectivity index (χ3n) is 4.85. The first-order chi connectivity index (χ1) is 10.7. The third kappa shape index (κ3) is 5.57. The fourth-order valence-corrected chi connectivity index (χ4v) is 3.68. The minimum absolute atomic E-state index is 0. The first-order valence-corrected chi connectivity index (χ1v) is 8.68. The molecule has 6 heteroatoms. The van der Waals surface area contributed by atoms with Crippen molar-refractivity contribution in [1.82, 2.24) is 15.1 Å². The van der Waals surface area contributed by atoms with Crippen molar-refractivity contribution in [2.75, 3.05) is 45.8 Å². The van der Waals surface area contributed by atoms with Crippen LogP contribution in [0.1, 0.15) is 18.4 Å². The van der Waals surface area contributed by atoms with E-state index in [0.29, 0.717) is 5.02 Å². The molecular formula is C17H26Cl2FN3. The lowest BCUT2D eigenvalue weighted by Gasteiger charge is -2.37. The highest BCUT2D eigenvalue weighted by molar-refractivity contribution is 6.31. The van der Waals surface area contributed by atoms with E-state index in [9.17, 15) is 4.39 Å². The Morgan fingerprint density at radius 3 is 2.39 bits per heavy atom. The summed E-state index contributed by atoms with van der Waals surface area (Å²) >= 11 is 6.12. The standard InChI is InChI=1S/C17H25ClFN3.ClH/c18-17-11-16(19)2-1-15(17)13-22-9-7-21(8-10-22)12-14-3-5-20-6-4-14;/h1-2,11,14,20H,3-10,12-13H2;1H. The van der Waals surface area contributed by atoms with Crippen LogP contribution >= 0.6 is 24.0 Å². The van der Waals surface area contributed by atoms with E-state index >= 15 is 0 Å². The van der Waals surface area contributed by atoms with E-state index in [-0.39, 0.29) is 18.2 Å². The van der Waals surface area contributed by atoms with Gasteiger partial charge in [-0.2, -0.15) is 0 Å². The van der Waals surface area contributed by atoms with Crippen molar-refractivity contribution in [2.24, 2.45) is 5.92 Å². The Labute approximate surface area is 149 Å². The van der Waals surface area contributed by atoms with Gasteiger partial charge in [-0.15, -0.1) is 12.4 Å². The van der Waals surface area contributed by atoms with Crippen molar-refractivity contribution in [3.8, 4) is 0 Å². The smallest absolute Gasteiger partial charge is 0.124 e. The number of piperazine rings is 1. The molecule has 2 aliphatic rings. The maximum atomic E-state index is 13.1. The van der Waals surface area contributed by atoms with E-state index < -0.39 is 0 Å². The first kappa shape index (κ1) is 18.9. The molecule has 0 saturated carbocycles. The van der Waals surface area contributed by atoms with Crippen LogP contribution in [0.2, 0.25) is 5.02 Å². The highest BCUT2D eigenvalue weighted by Gasteiger charge is 2.21. The molecule has 2 heterocycles. The number of halogens is 3. The van der Waals surface area contributed by atoms with Gasteiger partial charge in [0.15, 0.2) is 0 Å². The molecule has 2 aliphatic heterocycles. The Kier molecular flexibility index (Phi) is 7.57. The highest BCUT2D eigenvalue weighted by Crippen LogP contribution is 2.20. The molecule has 1 N–H and O–H groups in total. The Morgan fingerprint density at radius 2 is 1.74 bits per heavy atom. The van der Waals surface area contributed by atoms with Crippen LogP contribution in [0, 0.1) is 11.7 Å². The van der Waals surface area contributed by atoms with Crippen LogP contribution in [0.5, 0.6) is 0 Å². The zero-order valence-corrected chi connectivity index (χ0v) is 15.0. The molecule has 0 bridgehead atoms. The van der Waals surface area contributed by atoms with E-state index in [1.807, 2.05) is 0 Å². The number of hydrogen-bond donors (Lipinski definition) is 1. The summed E-state index contributed by atoms with van der Waals surface area (Å²) in [5.74, 6) is 0.597.